The molecule has 0 aromatic heterocycles. The summed E-state index contributed by atoms with van der Waals surface area (Å²) < 4.78 is 12.8. The molecule has 0 atom stereocenters. The van der Waals surface area contributed by atoms with E-state index < -0.39 is 0 Å². The fraction of sp³-hybridized carbons (Fsp3) is 0.467. The number of hydrogen-bond donors (Lipinski definition) is 3. The third-order valence-corrected chi connectivity index (χ3v) is 3.11. The van der Waals surface area contributed by atoms with E-state index >= 15 is 0 Å². The number of halogens is 1. The highest BCUT2D eigenvalue weighted by Crippen LogP contribution is 2.27. The normalized spacial score (nSPS) is 14.7. The summed E-state index contributed by atoms with van der Waals surface area (Å²) in [6, 6.07) is 5.65. The summed E-state index contributed by atoms with van der Waals surface area (Å²) in [6.07, 6.45) is 2.52. The van der Waals surface area contributed by atoms with E-state index in [0.717, 1.165) is 19.0 Å². The van der Waals surface area contributed by atoms with Crippen LogP contribution in [0, 0.1) is 11.7 Å². The van der Waals surface area contributed by atoms with Gasteiger partial charge >= 0.3 is 0 Å². The van der Waals surface area contributed by atoms with Crippen LogP contribution < -0.4 is 16.0 Å². The molecule has 0 unspecified atom stereocenters. The highest BCUT2D eigenvalue weighted by molar-refractivity contribution is 5.94. The van der Waals surface area contributed by atoms with Crippen molar-refractivity contribution in [2.24, 2.45) is 10.9 Å². The number of benzene rings is 1. The van der Waals surface area contributed by atoms with Gasteiger partial charge in [0.15, 0.2) is 5.96 Å². The number of carbonyl (C=O) groups excluding carboxylic acids is 1. The maximum absolute atomic E-state index is 12.8. The molecule has 2 rings (SSSR count). The first-order valence-electron chi connectivity index (χ1n) is 7.25. The number of guanidine groups is 1. The maximum Gasteiger partial charge on any atom is 0.246 e. The van der Waals surface area contributed by atoms with E-state index in [1.807, 2.05) is 6.92 Å². The van der Waals surface area contributed by atoms with Crippen molar-refractivity contribution in [1.29, 1.82) is 0 Å². The molecular weight excluding hydrogens is 271 g/mol. The van der Waals surface area contributed by atoms with Gasteiger partial charge < -0.3 is 16.0 Å². The van der Waals surface area contributed by atoms with Crippen LogP contribution in [0.15, 0.2) is 29.3 Å². The molecule has 1 aromatic carbocycles. The number of nitrogens with zero attached hydrogens (tertiary/aromatic N) is 1. The van der Waals surface area contributed by atoms with Gasteiger partial charge in [-0.05, 0) is 49.9 Å². The predicted octanol–water partition coefficient (Wildman–Crippen LogP) is 1.73. The lowest BCUT2D eigenvalue weighted by Gasteiger charge is -2.10. The topological polar surface area (TPSA) is 65.5 Å². The molecular formula is C15H21FN4O. The number of rotatable bonds is 6. The average Bonchev–Trinajstić information content (AvgIpc) is 3.29. The van der Waals surface area contributed by atoms with Crippen molar-refractivity contribution in [1.82, 2.24) is 10.6 Å². The molecule has 5 nitrogen and oxygen atoms in total. The second-order valence-electron chi connectivity index (χ2n) is 5.07. The lowest BCUT2D eigenvalue weighted by atomic mass is 10.3. The van der Waals surface area contributed by atoms with Gasteiger partial charge in [0, 0.05) is 18.8 Å². The van der Waals surface area contributed by atoms with Gasteiger partial charge in [-0.1, -0.05) is 0 Å². The van der Waals surface area contributed by atoms with E-state index in [2.05, 4.69) is 20.9 Å². The quantitative estimate of drug-likeness (QED) is 0.552. The monoisotopic (exact) mass is 292 g/mol. The average molecular weight is 292 g/mol. The lowest BCUT2D eigenvalue weighted by Crippen LogP contribution is -2.39. The Morgan fingerprint density at radius 1 is 1.29 bits per heavy atom. The molecule has 114 valence electrons. The van der Waals surface area contributed by atoms with E-state index in [1.54, 1.807) is 0 Å². The van der Waals surface area contributed by atoms with Gasteiger partial charge in [-0.15, -0.1) is 0 Å². The van der Waals surface area contributed by atoms with Gasteiger partial charge in [0.2, 0.25) is 5.91 Å². The van der Waals surface area contributed by atoms with Crippen molar-refractivity contribution in [3.05, 3.63) is 30.1 Å². The second kappa shape index (κ2) is 7.61. The van der Waals surface area contributed by atoms with Crippen molar-refractivity contribution in [2.75, 3.05) is 25.0 Å². The van der Waals surface area contributed by atoms with Crippen LogP contribution in [0.3, 0.4) is 0 Å². The van der Waals surface area contributed by atoms with E-state index in [0.29, 0.717) is 11.6 Å². The lowest BCUT2D eigenvalue weighted by molar-refractivity contribution is -0.114. The Hall–Kier alpha value is -2.11. The molecule has 0 spiro atoms. The summed E-state index contributed by atoms with van der Waals surface area (Å²) in [6.45, 7) is 3.64. The molecule has 1 amide bonds. The van der Waals surface area contributed by atoms with Crippen molar-refractivity contribution in [3.8, 4) is 0 Å². The van der Waals surface area contributed by atoms with Gasteiger partial charge in [-0.3, -0.25) is 4.79 Å². The fourth-order valence-electron chi connectivity index (χ4n) is 1.79. The minimum atomic E-state index is -0.329. The van der Waals surface area contributed by atoms with Crippen LogP contribution in [0.2, 0.25) is 0 Å². The van der Waals surface area contributed by atoms with Crippen molar-refractivity contribution in [2.45, 2.75) is 19.8 Å². The molecule has 3 N–H and O–H groups in total. The van der Waals surface area contributed by atoms with Crippen LogP contribution in [0.5, 0.6) is 0 Å². The summed E-state index contributed by atoms with van der Waals surface area (Å²) in [5.41, 5.74) is 0.563. The molecule has 0 bridgehead atoms. The molecule has 1 aromatic rings. The van der Waals surface area contributed by atoms with Crippen molar-refractivity contribution in [3.63, 3.8) is 0 Å². The molecule has 21 heavy (non-hydrogen) atoms. The van der Waals surface area contributed by atoms with E-state index in [-0.39, 0.29) is 18.3 Å². The number of aliphatic imine (C=N–C) groups is 1. The summed E-state index contributed by atoms with van der Waals surface area (Å²) in [5, 5.41) is 9.00. The van der Waals surface area contributed by atoms with Crippen LogP contribution in [-0.4, -0.2) is 31.5 Å². The highest BCUT2D eigenvalue weighted by atomic mass is 19.1. The summed E-state index contributed by atoms with van der Waals surface area (Å²) in [5.74, 6) is 0.829. The Kier molecular flexibility index (Phi) is 5.54. The second-order valence-corrected chi connectivity index (χ2v) is 5.07. The standard InChI is InChI=1S/C15H21FN4O/c1-2-17-15(18-9-11-3-4-11)19-10-14(21)20-13-7-5-12(16)6-8-13/h5-8,11H,2-4,9-10H2,1H3,(H,20,21)(H2,17,18,19). The van der Waals surface area contributed by atoms with E-state index in [1.165, 1.54) is 37.1 Å². The Bertz CT molecular complexity index is 497. The maximum atomic E-state index is 12.8. The first kappa shape index (κ1) is 15.3. The largest absolute Gasteiger partial charge is 0.357 e. The third-order valence-electron chi connectivity index (χ3n) is 3.11. The van der Waals surface area contributed by atoms with Gasteiger partial charge in [0.25, 0.3) is 0 Å². The van der Waals surface area contributed by atoms with Crippen LogP contribution in [0.25, 0.3) is 0 Å². The van der Waals surface area contributed by atoms with Gasteiger partial charge in [-0.2, -0.15) is 0 Å². The number of anilines is 1. The fourth-order valence-corrected chi connectivity index (χ4v) is 1.79. The van der Waals surface area contributed by atoms with Gasteiger partial charge in [-0.25, -0.2) is 9.38 Å². The van der Waals surface area contributed by atoms with E-state index in [9.17, 15) is 9.18 Å². The summed E-state index contributed by atoms with van der Waals surface area (Å²) >= 11 is 0. The molecule has 0 radical (unpaired) electrons. The van der Waals surface area contributed by atoms with Crippen molar-refractivity contribution >= 4 is 17.6 Å². The summed E-state index contributed by atoms with van der Waals surface area (Å²) in [4.78, 5) is 16.0. The molecule has 0 heterocycles. The molecule has 1 aliphatic carbocycles. The zero-order chi connectivity index (χ0) is 15.1. The van der Waals surface area contributed by atoms with Crippen LogP contribution in [-0.2, 0) is 4.79 Å². The smallest absolute Gasteiger partial charge is 0.246 e. The summed E-state index contributed by atoms with van der Waals surface area (Å²) in [7, 11) is 0. The van der Waals surface area contributed by atoms with E-state index in [4.69, 9.17) is 0 Å². The van der Waals surface area contributed by atoms with Crippen molar-refractivity contribution < 1.29 is 9.18 Å². The molecule has 0 aliphatic heterocycles. The first-order valence-corrected chi connectivity index (χ1v) is 7.25. The predicted molar refractivity (Wildman–Crippen MR) is 81.7 cm³/mol. The Labute approximate surface area is 124 Å². The zero-order valence-electron chi connectivity index (χ0n) is 12.2. The van der Waals surface area contributed by atoms with Crippen LogP contribution in [0.4, 0.5) is 10.1 Å². The SMILES string of the molecule is CCNC(=NCC(=O)Nc1ccc(F)cc1)NCC1CC1. The third kappa shape index (κ3) is 5.81. The number of hydrogen-bond acceptors (Lipinski definition) is 2. The molecule has 1 aliphatic rings. The highest BCUT2D eigenvalue weighted by Gasteiger charge is 2.21. The van der Waals surface area contributed by atoms with Gasteiger partial charge in [0.05, 0.1) is 0 Å². The molecule has 6 heteroatoms. The Balaban J connectivity index is 1.80. The molecule has 1 saturated carbocycles. The minimum absolute atomic E-state index is 0.0252. The molecule has 0 saturated heterocycles. The molecule has 1 fully saturated rings. The first-order chi connectivity index (χ1) is 10.2. The number of carbonyl (C=O) groups is 1. The Morgan fingerprint density at radius 2 is 2.00 bits per heavy atom. The minimum Gasteiger partial charge on any atom is -0.357 e. The van der Waals surface area contributed by atoms with Crippen LogP contribution in [0.1, 0.15) is 19.8 Å². The number of amides is 1. The Morgan fingerprint density at radius 3 is 2.62 bits per heavy atom. The zero-order valence-corrected chi connectivity index (χ0v) is 12.2. The number of nitrogens with one attached hydrogen (secondary N) is 3. The van der Waals surface area contributed by atoms with Crippen LogP contribution >= 0.6 is 0 Å². The van der Waals surface area contributed by atoms with Gasteiger partial charge in [0.1, 0.15) is 12.4 Å².